The number of nitrogens with zero attached hydrogens (tertiary/aromatic N) is 5. The topological polar surface area (TPSA) is 101 Å². The van der Waals surface area contributed by atoms with E-state index in [4.69, 9.17) is 4.98 Å². The quantitative estimate of drug-likeness (QED) is 0.252. The van der Waals surface area contributed by atoms with Crippen molar-refractivity contribution >= 4 is 39.2 Å². The van der Waals surface area contributed by atoms with E-state index in [2.05, 4.69) is 27.4 Å². The van der Waals surface area contributed by atoms with Crippen LogP contribution in [0.5, 0.6) is 0 Å². The fraction of sp³-hybridized carbons (Fsp3) is 0.200. The molecular weight excluding hydrogens is 508 g/mol. The maximum atomic E-state index is 13.1. The first-order valence-corrected chi connectivity index (χ1v) is 13.8. The van der Waals surface area contributed by atoms with Crippen LogP contribution < -0.4 is 5.32 Å². The largest absolute Gasteiger partial charge is 0.355 e. The molecule has 3 aromatic heterocycles. The molecule has 0 aliphatic carbocycles. The van der Waals surface area contributed by atoms with Gasteiger partial charge in [-0.3, -0.25) is 19.5 Å². The molecule has 8 nitrogen and oxygen atoms in total. The summed E-state index contributed by atoms with van der Waals surface area (Å²) in [6.45, 7) is 2.34. The molecule has 1 atom stereocenters. The van der Waals surface area contributed by atoms with Crippen LogP contribution in [0.15, 0.2) is 79.1 Å². The Morgan fingerprint density at radius 2 is 1.64 bits per heavy atom. The molecule has 2 aromatic carbocycles. The fourth-order valence-electron chi connectivity index (χ4n) is 4.92. The summed E-state index contributed by atoms with van der Waals surface area (Å²) in [5.74, 6) is -0.544. The van der Waals surface area contributed by atoms with E-state index in [9.17, 15) is 9.59 Å². The molecule has 1 aliphatic rings. The number of hydrogen-bond acceptors (Lipinski definition) is 8. The average molecular weight is 535 g/mol. The highest BCUT2D eigenvalue weighted by Crippen LogP contribution is 2.29. The zero-order chi connectivity index (χ0) is 26.8. The number of hydrogen-bond donors (Lipinski definition) is 1. The molecule has 9 heteroatoms. The van der Waals surface area contributed by atoms with Gasteiger partial charge in [0, 0.05) is 24.3 Å². The number of rotatable bonds is 9. The predicted octanol–water partition coefficient (Wildman–Crippen LogP) is 5.42. The SMILES string of the molecule is CCCc1cncc2ccc(-c3nnc(N[C@@H](Cc4ccccc4)CN4C(=O)c5ccccc5C4=O)s3)nc12. The number of carbonyl (C=O) groups is 2. The Morgan fingerprint density at radius 1 is 0.897 bits per heavy atom. The molecule has 0 unspecified atom stereocenters. The van der Waals surface area contributed by atoms with Crippen LogP contribution in [-0.4, -0.2) is 49.5 Å². The average Bonchev–Trinajstić information content (AvgIpc) is 3.52. The van der Waals surface area contributed by atoms with Crippen molar-refractivity contribution in [3.8, 4) is 10.7 Å². The lowest BCUT2D eigenvalue weighted by Gasteiger charge is -2.23. The van der Waals surface area contributed by atoms with Gasteiger partial charge in [-0.05, 0) is 48.2 Å². The van der Waals surface area contributed by atoms with Crippen LogP contribution in [-0.2, 0) is 12.8 Å². The summed E-state index contributed by atoms with van der Waals surface area (Å²) in [5, 5.41) is 14.5. The number of anilines is 1. The lowest BCUT2D eigenvalue weighted by Crippen LogP contribution is -2.41. The molecule has 194 valence electrons. The van der Waals surface area contributed by atoms with Gasteiger partial charge in [0.25, 0.3) is 11.8 Å². The number of aromatic nitrogens is 4. The molecule has 39 heavy (non-hydrogen) atoms. The standard InChI is InChI=1S/C30H26N6O2S/c1-2-8-20-16-31-17-21-13-14-25(33-26(20)21)27-34-35-30(39-27)32-22(15-19-9-4-3-5-10-19)18-36-28(37)23-11-6-7-12-24(23)29(36)38/h3-7,9-14,16-17,22H,2,8,15,18H2,1H3,(H,32,35)/t22-/m0/s1. The Bertz CT molecular complexity index is 1630. The number of benzene rings is 2. The van der Waals surface area contributed by atoms with E-state index in [0.29, 0.717) is 27.7 Å². The van der Waals surface area contributed by atoms with Crippen LogP contribution in [0.2, 0.25) is 0 Å². The molecule has 6 rings (SSSR count). The smallest absolute Gasteiger partial charge is 0.261 e. The van der Waals surface area contributed by atoms with Crippen molar-refractivity contribution in [2.45, 2.75) is 32.2 Å². The van der Waals surface area contributed by atoms with Gasteiger partial charge in [0.2, 0.25) is 5.13 Å². The van der Waals surface area contributed by atoms with Crippen molar-refractivity contribution < 1.29 is 9.59 Å². The van der Waals surface area contributed by atoms with Gasteiger partial charge < -0.3 is 5.32 Å². The van der Waals surface area contributed by atoms with E-state index in [1.165, 1.54) is 16.2 Å². The third kappa shape index (κ3) is 5.00. The summed E-state index contributed by atoms with van der Waals surface area (Å²) in [4.78, 5) is 36.7. The predicted molar refractivity (Wildman–Crippen MR) is 152 cm³/mol. The number of nitrogens with one attached hydrogen (secondary N) is 1. The minimum atomic E-state index is -0.272. The summed E-state index contributed by atoms with van der Waals surface area (Å²) >= 11 is 1.40. The lowest BCUT2D eigenvalue weighted by molar-refractivity contribution is 0.0647. The normalized spacial score (nSPS) is 13.6. The van der Waals surface area contributed by atoms with Crippen LogP contribution in [0.4, 0.5) is 5.13 Å². The van der Waals surface area contributed by atoms with Crippen molar-refractivity contribution in [1.29, 1.82) is 0 Å². The number of fused-ring (bicyclic) bond motifs is 2. The highest BCUT2D eigenvalue weighted by atomic mass is 32.1. The minimum absolute atomic E-state index is 0.206. The van der Waals surface area contributed by atoms with Gasteiger partial charge in [-0.2, -0.15) is 0 Å². The summed E-state index contributed by atoms with van der Waals surface area (Å²) in [6.07, 6.45) is 6.22. The van der Waals surface area contributed by atoms with Gasteiger partial charge in [-0.25, -0.2) is 4.98 Å². The number of carbonyl (C=O) groups excluding carboxylic acids is 2. The number of aryl methyl sites for hydroxylation is 1. The summed E-state index contributed by atoms with van der Waals surface area (Å²) in [7, 11) is 0. The van der Waals surface area contributed by atoms with E-state index in [1.807, 2.05) is 54.9 Å². The first kappa shape index (κ1) is 24.8. The number of pyridine rings is 2. The zero-order valence-electron chi connectivity index (χ0n) is 21.4. The Morgan fingerprint density at radius 3 is 2.38 bits per heavy atom. The van der Waals surface area contributed by atoms with E-state index in [0.717, 1.165) is 40.6 Å². The molecule has 5 aromatic rings. The maximum absolute atomic E-state index is 13.1. The summed E-state index contributed by atoms with van der Waals surface area (Å²) in [5.41, 5.74) is 4.77. The van der Waals surface area contributed by atoms with Crippen LogP contribution in [0.1, 0.15) is 45.2 Å². The lowest BCUT2D eigenvalue weighted by atomic mass is 10.1. The highest BCUT2D eigenvalue weighted by Gasteiger charge is 2.36. The molecule has 0 fully saturated rings. The Hall–Kier alpha value is -4.50. The molecule has 0 radical (unpaired) electrons. The molecule has 4 heterocycles. The molecule has 1 aliphatic heterocycles. The third-order valence-electron chi connectivity index (χ3n) is 6.77. The highest BCUT2D eigenvalue weighted by molar-refractivity contribution is 7.18. The van der Waals surface area contributed by atoms with Gasteiger partial charge in [0.15, 0.2) is 5.01 Å². The molecule has 0 saturated heterocycles. The van der Waals surface area contributed by atoms with E-state index in [1.54, 1.807) is 24.3 Å². The van der Waals surface area contributed by atoms with Crippen molar-refractivity contribution in [2.75, 3.05) is 11.9 Å². The summed E-state index contributed by atoms with van der Waals surface area (Å²) < 4.78 is 0. The van der Waals surface area contributed by atoms with Crippen molar-refractivity contribution in [3.63, 3.8) is 0 Å². The van der Waals surface area contributed by atoms with E-state index < -0.39 is 0 Å². The van der Waals surface area contributed by atoms with Gasteiger partial charge in [-0.15, -0.1) is 10.2 Å². The van der Waals surface area contributed by atoms with Crippen LogP contribution >= 0.6 is 11.3 Å². The molecule has 1 N–H and O–H groups in total. The second-order valence-corrected chi connectivity index (χ2v) is 10.5. The van der Waals surface area contributed by atoms with Crippen molar-refractivity contribution in [1.82, 2.24) is 25.1 Å². The summed E-state index contributed by atoms with van der Waals surface area (Å²) in [6, 6.07) is 20.6. The van der Waals surface area contributed by atoms with E-state index >= 15 is 0 Å². The molecular formula is C30H26N6O2S. The van der Waals surface area contributed by atoms with Crippen molar-refractivity contribution in [2.24, 2.45) is 0 Å². The Labute approximate surface area is 229 Å². The fourth-order valence-corrected chi connectivity index (χ4v) is 5.71. The first-order chi connectivity index (χ1) is 19.1. The van der Waals surface area contributed by atoms with Gasteiger partial charge in [0.05, 0.1) is 22.7 Å². The Kier molecular flexibility index (Phi) is 6.81. The maximum Gasteiger partial charge on any atom is 0.261 e. The van der Waals surface area contributed by atoms with Gasteiger partial charge >= 0.3 is 0 Å². The number of imide groups is 1. The van der Waals surface area contributed by atoms with Crippen LogP contribution in [0.25, 0.3) is 21.6 Å². The van der Waals surface area contributed by atoms with Gasteiger partial charge in [-0.1, -0.05) is 67.1 Å². The van der Waals surface area contributed by atoms with Gasteiger partial charge in [0.1, 0.15) is 5.69 Å². The van der Waals surface area contributed by atoms with Crippen LogP contribution in [0, 0.1) is 0 Å². The number of amides is 2. The minimum Gasteiger partial charge on any atom is -0.355 e. The molecule has 2 amide bonds. The second kappa shape index (κ2) is 10.7. The zero-order valence-corrected chi connectivity index (χ0v) is 22.2. The molecule has 0 saturated carbocycles. The molecule has 0 bridgehead atoms. The van der Waals surface area contributed by atoms with Crippen molar-refractivity contribution in [3.05, 3.63) is 101 Å². The third-order valence-corrected chi connectivity index (χ3v) is 7.65. The molecule has 0 spiro atoms. The monoisotopic (exact) mass is 534 g/mol. The second-order valence-electron chi connectivity index (χ2n) is 9.53. The van der Waals surface area contributed by atoms with E-state index in [-0.39, 0.29) is 24.4 Å². The van der Waals surface area contributed by atoms with Crippen LogP contribution in [0.3, 0.4) is 0 Å². The first-order valence-electron chi connectivity index (χ1n) is 12.9. The Balaban J connectivity index is 1.26.